The monoisotopic (exact) mass is 354 g/mol. The Kier molecular flexibility index (Phi) is 6.00. The lowest BCUT2D eigenvalue weighted by atomic mass is 9.92. The lowest BCUT2D eigenvalue weighted by molar-refractivity contribution is -0.143. The number of aliphatic carboxylic acids is 1. The van der Waals surface area contributed by atoms with Crippen LogP contribution < -0.4 is 10.6 Å². The van der Waals surface area contributed by atoms with Gasteiger partial charge in [0.25, 0.3) is 5.91 Å². The summed E-state index contributed by atoms with van der Waals surface area (Å²) >= 11 is 6.02. The zero-order chi connectivity index (χ0) is 18.7. The Balaban J connectivity index is 2.96. The van der Waals surface area contributed by atoms with E-state index in [9.17, 15) is 14.4 Å². The summed E-state index contributed by atoms with van der Waals surface area (Å²) in [5.41, 5.74) is -1.08. The fraction of sp³-hybridized carbons (Fsp3) is 0.471. The van der Waals surface area contributed by atoms with Gasteiger partial charge in [-0.3, -0.25) is 9.59 Å². The molecule has 0 unspecified atom stereocenters. The third kappa shape index (κ3) is 5.85. The summed E-state index contributed by atoms with van der Waals surface area (Å²) in [6, 6.07) is 4.50. The summed E-state index contributed by atoms with van der Waals surface area (Å²) in [7, 11) is 0. The summed E-state index contributed by atoms with van der Waals surface area (Å²) in [5, 5.41) is 14.4. The molecule has 0 aliphatic carbocycles. The van der Waals surface area contributed by atoms with Gasteiger partial charge in [0.1, 0.15) is 5.54 Å². The lowest BCUT2D eigenvalue weighted by Gasteiger charge is -2.21. The van der Waals surface area contributed by atoms with Crippen LogP contribution in [0.4, 0.5) is 5.69 Å². The minimum absolute atomic E-state index is 0.0968. The molecule has 2 amide bonds. The predicted octanol–water partition coefficient (Wildman–Crippen LogP) is 3.31. The van der Waals surface area contributed by atoms with Crippen molar-refractivity contribution in [3.05, 3.63) is 28.8 Å². The maximum Gasteiger partial charge on any atom is 0.328 e. The van der Waals surface area contributed by atoms with Gasteiger partial charge in [-0.25, -0.2) is 4.79 Å². The van der Waals surface area contributed by atoms with Crippen LogP contribution in [0, 0.1) is 5.41 Å². The van der Waals surface area contributed by atoms with Crippen molar-refractivity contribution in [2.24, 2.45) is 5.41 Å². The van der Waals surface area contributed by atoms with Crippen LogP contribution in [0.15, 0.2) is 18.2 Å². The first-order valence-electron chi connectivity index (χ1n) is 7.47. The second-order valence-corrected chi connectivity index (χ2v) is 7.77. The number of hydrogen-bond acceptors (Lipinski definition) is 3. The molecule has 0 bridgehead atoms. The Labute approximate surface area is 146 Å². The van der Waals surface area contributed by atoms with E-state index in [0.29, 0.717) is 12.1 Å². The van der Waals surface area contributed by atoms with Gasteiger partial charge in [-0.05, 0) is 37.5 Å². The highest BCUT2D eigenvalue weighted by molar-refractivity contribution is 6.34. The van der Waals surface area contributed by atoms with Crippen LogP contribution in [-0.2, 0) is 9.59 Å². The summed E-state index contributed by atoms with van der Waals surface area (Å²) in [6.45, 7) is 8.58. The molecule has 0 spiro atoms. The normalized spacial score (nSPS) is 11.8. The van der Waals surface area contributed by atoms with Gasteiger partial charge in [-0.2, -0.15) is 0 Å². The predicted molar refractivity (Wildman–Crippen MR) is 93.3 cm³/mol. The van der Waals surface area contributed by atoms with Crippen LogP contribution in [-0.4, -0.2) is 28.4 Å². The van der Waals surface area contributed by atoms with E-state index in [1.54, 1.807) is 6.07 Å². The zero-order valence-electron chi connectivity index (χ0n) is 14.5. The molecule has 0 aliphatic heterocycles. The SMILES string of the molecule is CC(C)(C)CC(=O)Nc1ccc(Cl)c(C(=O)NC(C)(C)C(=O)O)c1. The molecular formula is C17H23ClN2O4. The zero-order valence-corrected chi connectivity index (χ0v) is 15.2. The molecule has 3 N–H and O–H groups in total. The van der Waals surface area contributed by atoms with E-state index < -0.39 is 17.4 Å². The molecule has 24 heavy (non-hydrogen) atoms. The van der Waals surface area contributed by atoms with E-state index in [2.05, 4.69) is 10.6 Å². The van der Waals surface area contributed by atoms with Crippen molar-refractivity contribution < 1.29 is 19.5 Å². The quantitative estimate of drug-likeness (QED) is 0.755. The summed E-state index contributed by atoms with van der Waals surface area (Å²) in [4.78, 5) is 35.4. The van der Waals surface area contributed by atoms with Crippen molar-refractivity contribution >= 4 is 35.1 Å². The molecule has 1 aromatic carbocycles. The number of nitrogens with one attached hydrogen (secondary N) is 2. The number of halogens is 1. The molecule has 1 aromatic rings. The first-order chi connectivity index (χ1) is 10.8. The Morgan fingerprint density at radius 2 is 1.71 bits per heavy atom. The van der Waals surface area contributed by atoms with Crippen LogP contribution in [0.25, 0.3) is 0 Å². The number of carboxylic acid groups (broad SMARTS) is 1. The van der Waals surface area contributed by atoms with Gasteiger partial charge in [0.15, 0.2) is 0 Å². The summed E-state index contributed by atoms with van der Waals surface area (Å²) < 4.78 is 0. The van der Waals surface area contributed by atoms with Crippen LogP contribution in [0.2, 0.25) is 5.02 Å². The number of benzene rings is 1. The highest BCUT2D eigenvalue weighted by atomic mass is 35.5. The number of hydrogen-bond donors (Lipinski definition) is 3. The highest BCUT2D eigenvalue weighted by Gasteiger charge is 2.30. The molecule has 0 radical (unpaired) electrons. The minimum atomic E-state index is -1.44. The van der Waals surface area contributed by atoms with Crippen molar-refractivity contribution in [2.75, 3.05) is 5.32 Å². The maximum atomic E-state index is 12.3. The smallest absolute Gasteiger partial charge is 0.328 e. The fourth-order valence-electron chi connectivity index (χ4n) is 1.87. The Bertz CT molecular complexity index is 663. The van der Waals surface area contributed by atoms with Gasteiger partial charge in [0, 0.05) is 12.1 Å². The van der Waals surface area contributed by atoms with Gasteiger partial charge >= 0.3 is 5.97 Å². The van der Waals surface area contributed by atoms with E-state index in [0.717, 1.165) is 0 Å². The maximum absolute atomic E-state index is 12.3. The third-order valence-electron chi connectivity index (χ3n) is 3.15. The molecule has 132 valence electrons. The Morgan fingerprint density at radius 1 is 1.12 bits per heavy atom. The average Bonchev–Trinajstić information content (AvgIpc) is 2.37. The number of carboxylic acids is 1. The number of amides is 2. The van der Waals surface area contributed by atoms with E-state index in [-0.39, 0.29) is 21.9 Å². The van der Waals surface area contributed by atoms with Crippen LogP contribution in [0.5, 0.6) is 0 Å². The largest absolute Gasteiger partial charge is 0.480 e. The molecule has 1 rings (SSSR count). The molecular weight excluding hydrogens is 332 g/mol. The standard InChI is InChI=1S/C17H23ClN2O4/c1-16(2,3)9-13(21)19-10-6-7-12(18)11(8-10)14(22)20-17(4,5)15(23)24/h6-8H,9H2,1-5H3,(H,19,21)(H,20,22)(H,23,24). The second-order valence-electron chi connectivity index (χ2n) is 7.36. The second kappa shape index (κ2) is 7.21. The highest BCUT2D eigenvalue weighted by Crippen LogP contribution is 2.23. The van der Waals surface area contributed by atoms with E-state index in [1.807, 2.05) is 20.8 Å². The first-order valence-corrected chi connectivity index (χ1v) is 7.85. The van der Waals surface area contributed by atoms with Crippen LogP contribution in [0.3, 0.4) is 0 Å². The number of rotatable bonds is 5. The van der Waals surface area contributed by atoms with Gasteiger partial charge in [0.05, 0.1) is 10.6 Å². The van der Waals surface area contributed by atoms with Crippen molar-refractivity contribution in [2.45, 2.75) is 46.6 Å². The summed E-state index contributed by atoms with van der Waals surface area (Å²) in [6.07, 6.45) is 0.323. The lowest BCUT2D eigenvalue weighted by Crippen LogP contribution is -2.49. The third-order valence-corrected chi connectivity index (χ3v) is 3.48. The Morgan fingerprint density at radius 3 is 2.21 bits per heavy atom. The molecule has 0 fully saturated rings. The van der Waals surface area contributed by atoms with E-state index in [1.165, 1.54) is 26.0 Å². The molecule has 7 heteroatoms. The van der Waals surface area contributed by atoms with Crippen molar-refractivity contribution in [3.8, 4) is 0 Å². The fourth-order valence-corrected chi connectivity index (χ4v) is 2.07. The molecule has 6 nitrogen and oxygen atoms in total. The summed E-state index contributed by atoms with van der Waals surface area (Å²) in [5.74, 6) is -1.97. The number of carbonyl (C=O) groups is 3. The van der Waals surface area contributed by atoms with Crippen molar-refractivity contribution in [3.63, 3.8) is 0 Å². The van der Waals surface area contributed by atoms with Gasteiger partial charge < -0.3 is 15.7 Å². The molecule has 0 aromatic heterocycles. The van der Waals surface area contributed by atoms with Gasteiger partial charge in [-0.1, -0.05) is 32.4 Å². The molecule has 0 atom stereocenters. The number of carbonyl (C=O) groups excluding carboxylic acids is 2. The van der Waals surface area contributed by atoms with E-state index >= 15 is 0 Å². The number of anilines is 1. The van der Waals surface area contributed by atoms with Gasteiger partial charge in [-0.15, -0.1) is 0 Å². The first kappa shape index (κ1) is 20.0. The van der Waals surface area contributed by atoms with Crippen molar-refractivity contribution in [1.29, 1.82) is 0 Å². The molecule has 0 heterocycles. The van der Waals surface area contributed by atoms with Crippen LogP contribution >= 0.6 is 11.6 Å². The molecule has 0 aliphatic rings. The van der Waals surface area contributed by atoms with Crippen LogP contribution in [0.1, 0.15) is 51.4 Å². The minimum Gasteiger partial charge on any atom is -0.480 e. The average molecular weight is 355 g/mol. The van der Waals surface area contributed by atoms with E-state index in [4.69, 9.17) is 16.7 Å². The Hall–Kier alpha value is -2.08. The van der Waals surface area contributed by atoms with Crippen molar-refractivity contribution in [1.82, 2.24) is 5.32 Å². The molecule has 0 saturated carbocycles. The molecule has 0 saturated heterocycles. The van der Waals surface area contributed by atoms with Gasteiger partial charge in [0.2, 0.25) is 5.91 Å². The topological polar surface area (TPSA) is 95.5 Å².